The van der Waals surface area contributed by atoms with Crippen molar-refractivity contribution in [3.63, 3.8) is 0 Å². The highest BCUT2D eigenvalue weighted by molar-refractivity contribution is 6.06. The van der Waals surface area contributed by atoms with Crippen molar-refractivity contribution in [1.82, 2.24) is 10.2 Å². The summed E-state index contributed by atoms with van der Waals surface area (Å²) in [5.41, 5.74) is 4.23. The second-order valence-electron chi connectivity index (χ2n) is 4.25. The normalized spacial score (nSPS) is 34.4. The van der Waals surface area contributed by atoms with Gasteiger partial charge in [-0.15, -0.1) is 0 Å². The van der Waals surface area contributed by atoms with E-state index in [2.05, 4.69) is 0 Å². The monoisotopic (exact) mass is 282 g/mol. The van der Waals surface area contributed by atoms with E-state index in [1.807, 2.05) is 0 Å². The molecule has 1 aromatic rings. The van der Waals surface area contributed by atoms with Crippen LogP contribution in [0.2, 0.25) is 0 Å². The average Bonchev–Trinajstić information content (AvgIpc) is 2.62. The predicted molar refractivity (Wildman–Crippen MR) is 66.9 cm³/mol. The summed E-state index contributed by atoms with van der Waals surface area (Å²) in [6.45, 7) is -2.86. The number of halogens is 1. The topological polar surface area (TPSA) is 92.5 Å². The Morgan fingerprint density at radius 2 is 2.20 bits per heavy atom. The highest BCUT2D eigenvalue weighted by Crippen LogP contribution is 2.31. The molecule has 7 heteroatoms. The van der Waals surface area contributed by atoms with Gasteiger partial charge < -0.3 is 10.6 Å². The molecule has 0 radical (unpaired) electrons. The number of piperidine rings is 1. The van der Waals surface area contributed by atoms with Gasteiger partial charge in [0, 0.05) is 32.5 Å². The van der Waals surface area contributed by atoms with Crippen molar-refractivity contribution in [3.05, 3.63) is 29.1 Å². The lowest BCUT2D eigenvalue weighted by Crippen LogP contribution is -2.52. The molecule has 0 aromatic heterocycles. The Balaban J connectivity index is 2.25. The van der Waals surface area contributed by atoms with Gasteiger partial charge in [0.05, 0.1) is 4.11 Å². The number of anilines is 1. The number of fused-ring (bicyclic) bond motifs is 1. The summed E-state index contributed by atoms with van der Waals surface area (Å²) >= 11 is 0. The van der Waals surface area contributed by atoms with Gasteiger partial charge in [-0.05, 0) is 18.5 Å². The number of nitrogens with two attached hydrogens (primary N) is 1. The van der Waals surface area contributed by atoms with E-state index in [0.717, 1.165) is 6.07 Å². The first-order chi connectivity index (χ1) is 11.3. The number of hydrogen-bond donors (Lipinski definition) is 2. The summed E-state index contributed by atoms with van der Waals surface area (Å²) < 4.78 is 54.0. The Bertz CT molecular complexity index is 846. The zero-order valence-electron chi connectivity index (χ0n) is 15.0. The average molecular weight is 282 g/mol. The molecule has 3 rings (SSSR count). The minimum Gasteiger partial charge on any atom is -0.398 e. The highest BCUT2D eigenvalue weighted by atomic mass is 19.1. The zero-order chi connectivity index (χ0) is 18.9. The molecule has 0 aliphatic carbocycles. The number of nitrogen functional groups attached to an aromatic ring is 1. The molecule has 3 N–H and O–H groups in total. The predicted octanol–water partition coefficient (Wildman–Crippen LogP) is 0.169. The van der Waals surface area contributed by atoms with E-state index in [-0.39, 0.29) is 4.90 Å². The molecule has 20 heavy (non-hydrogen) atoms. The molecule has 0 bridgehead atoms. The van der Waals surface area contributed by atoms with Crippen molar-refractivity contribution in [2.45, 2.75) is 25.3 Å². The Morgan fingerprint density at radius 1 is 1.45 bits per heavy atom. The lowest BCUT2D eigenvalue weighted by Gasteiger charge is -2.29. The maximum absolute atomic E-state index is 13.6. The summed E-state index contributed by atoms with van der Waals surface area (Å²) in [4.78, 5) is 36.4. The Hall–Kier alpha value is -2.44. The first kappa shape index (κ1) is 7.98. The second kappa shape index (κ2) is 4.29. The molecular weight excluding hydrogens is 265 g/mol. The summed E-state index contributed by atoms with van der Waals surface area (Å²) in [6.07, 6.45) is -3.81. The lowest BCUT2D eigenvalue weighted by atomic mass is 10.0. The van der Waals surface area contributed by atoms with Crippen LogP contribution in [0.5, 0.6) is 0 Å². The lowest BCUT2D eigenvalue weighted by molar-refractivity contribution is -0.136. The van der Waals surface area contributed by atoms with Gasteiger partial charge in [0.1, 0.15) is 11.8 Å². The molecular formula is C13H12FN3O3. The van der Waals surface area contributed by atoms with Crippen LogP contribution in [0.4, 0.5) is 10.1 Å². The van der Waals surface area contributed by atoms with Crippen LogP contribution in [0.15, 0.2) is 12.1 Å². The molecule has 2 aliphatic rings. The van der Waals surface area contributed by atoms with Crippen molar-refractivity contribution in [2.75, 3.05) is 5.73 Å². The molecule has 3 amide bonds. The van der Waals surface area contributed by atoms with Crippen LogP contribution in [0.3, 0.4) is 0 Å². The molecule has 6 nitrogen and oxygen atoms in total. The second-order valence-corrected chi connectivity index (χ2v) is 4.25. The van der Waals surface area contributed by atoms with Crippen molar-refractivity contribution in [3.8, 4) is 0 Å². The summed E-state index contributed by atoms with van der Waals surface area (Å²) in [6, 6.07) is -1.61. The molecule has 104 valence electrons. The molecule has 0 spiro atoms. The number of nitrogens with zero attached hydrogens (tertiary/aromatic N) is 1. The number of nitrogens with one attached hydrogen (secondary N) is 1. The summed E-state index contributed by atoms with van der Waals surface area (Å²) in [7, 11) is 0. The number of amides is 3. The highest BCUT2D eigenvalue weighted by Gasteiger charge is 2.39. The Labute approximate surface area is 120 Å². The van der Waals surface area contributed by atoms with Gasteiger partial charge in [0.2, 0.25) is 11.8 Å². The van der Waals surface area contributed by atoms with Gasteiger partial charge in [-0.2, -0.15) is 0 Å². The third-order valence-corrected chi connectivity index (χ3v) is 2.90. The van der Waals surface area contributed by atoms with E-state index >= 15 is 0 Å². The van der Waals surface area contributed by atoms with E-state index < -0.39 is 65.7 Å². The molecule has 2 aliphatic heterocycles. The minimum atomic E-state index is -3.09. The first-order valence-corrected chi connectivity index (χ1v) is 5.62. The molecule has 0 saturated carbocycles. The third kappa shape index (κ3) is 1.82. The number of hydrogen-bond acceptors (Lipinski definition) is 4. The SMILES string of the molecule is [2H]C1([2H])c2c(N)cc(F)cc2C(=O)N1[C@@]1([2H])C(=O)NC(=O)CC1([2H])[2H]. The van der Waals surface area contributed by atoms with Gasteiger partial charge in [0.15, 0.2) is 0 Å². The Kier molecular flexibility index (Phi) is 1.71. The number of carbonyl (C=O) groups excluding carboxylic acids is 3. The van der Waals surface area contributed by atoms with E-state index in [9.17, 15) is 18.8 Å². The van der Waals surface area contributed by atoms with E-state index in [0.29, 0.717) is 6.07 Å². The first-order valence-electron chi connectivity index (χ1n) is 8.12. The van der Waals surface area contributed by atoms with Crippen LogP contribution in [-0.4, -0.2) is 28.6 Å². The van der Waals surface area contributed by atoms with Gasteiger partial charge in [-0.1, -0.05) is 0 Å². The molecule has 1 saturated heterocycles. The van der Waals surface area contributed by atoms with Crippen molar-refractivity contribution < 1.29 is 25.6 Å². The van der Waals surface area contributed by atoms with Crippen molar-refractivity contribution in [1.29, 1.82) is 0 Å². The third-order valence-electron chi connectivity index (χ3n) is 2.90. The maximum atomic E-state index is 13.6. The quantitative estimate of drug-likeness (QED) is 0.567. The maximum Gasteiger partial charge on any atom is 0.255 e. The molecule has 0 unspecified atom stereocenters. The number of carbonyl (C=O) groups is 3. The minimum absolute atomic E-state index is 0.0717. The van der Waals surface area contributed by atoms with Crippen LogP contribution < -0.4 is 11.1 Å². The standard InChI is InChI=1S/C13H12FN3O3/c14-6-3-7-8(9(15)4-6)5-17(13(7)20)10-1-2-11(18)16-12(10)19/h3-4,10H,1-2,5,15H2,(H,16,18,19)/t10-/m1/s1/i1D2,5D2,10D. The smallest absolute Gasteiger partial charge is 0.255 e. The van der Waals surface area contributed by atoms with Gasteiger partial charge >= 0.3 is 0 Å². The van der Waals surface area contributed by atoms with E-state index in [1.54, 1.807) is 5.32 Å². The summed E-state index contributed by atoms with van der Waals surface area (Å²) in [5, 5.41) is 1.74. The van der Waals surface area contributed by atoms with E-state index in [4.69, 9.17) is 12.6 Å². The van der Waals surface area contributed by atoms with Crippen LogP contribution in [0, 0.1) is 5.82 Å². The zero-order valence-corrected chi connectivity index (χ0v) is 9.99. The molecule has 1 atom stereocenters. The van der Waals surface area contributed by atoms with Crippen molar-refractivity contribution in [2.24, 2.45) is 0 Å². The fraction of sp³-hybridized carbons (Fsp3) is 0.308. The fourth-order valence-corrected chi connectivity index (χ4v) is 2.02. The van der Waals surface area contributed by atoms with Gasteiger partial charge in [-0.3, -0.25) is 19.7 Å². The fourth-order valence-electron chi connectivity index (χ4n) is 2.02. The number of benzene rings is 1. The number of rotatable bonds is 1. The number of imide groups is 1. The van der Waals surface area contributed by atoms with Crippen LogP contribution in [-0.2, 0) is 16.1 Å². The summed E-state index contributed by atoms with van der Waals surface area (Å²) in [5.74, 6) is -4.67. The van der Waals surface area contributed by atoms with Crippen LogP contribution in [0.1, 0.15) is 35.6 Å². The molecule has 1 fully saturated rings. The van der Waals surface area contributed by atoms with Gasteiger partial charge in [-0.25, -0.2) is 4.39 Å². The van der Waals surface area contributed by atoms with Crippen LogP contribution >= 0.6 is 0 Å². The molecule has 2 heterocycles. The Morgan fingerprint density at radius 3 is 2.90 bits per heavy atom. The van der Waals surface area contributed by atoms with Crippen molar-refractivity contribution >= 4 is 23.4 Å². The van der Waals surface area contributed by atoms with Crippen LogP contribution in [0.25, 0.3) is 0 Å². The molecule has 1 aromatic carbocycles. The largest absolute Gasteiger partial charge is 0.398 e. The van der Waals surface area contributed by atoms with Gasteiger partial charge in [0.25, 0.3) is 5.91 Å². The van der Waals surface area contributed by atoms with E-state index in [1.165, 1.54) is 0 Å².